The summed E-state index contributed by atoms with van der Waals surface area (Å²) in [5, 5.41) is 19.2. The summed E-state index contributed by atoms with van der Waals surface area (Å²) in [5.74, 6) is -1.47. The minimum Gasteiger partial charge on any atom is -0.476 e. The molecule has 0 bridgehead atoms. The van der Waals surface area contributed by atoms with E-state index in [0.29, 0.717) is 5.56 Å². The molecule has 2 aromatic carbocycles. The number of rotatable bonds is 7. The molecule has 0 fully saturated rings. The summed E-state index contributed by atoms with van der Waals surface area (Å²) in [4.78, 5) is 23.9. The molecular formula is C17H14N4O9S2. The van der Waals surface area contributed by atoms with Crippen molar-refractivity contribution < 1.29 is 35.8 Å². The maximum Gasteiger partial charge on any atom is 0.357 e. The van der Waals surface area contributed by atoms with Gasteiger partial charge in [0.15, 0.2) is 11.4 Å². The molecule has 0 aliphatic heterocycles. The lowest BCUT2D eigenvalue weighted by Gasteiger charge is -2.04. The molecule has 32 heavy (non-hydrogen) atoms. The largest absolute Gasteiger partial charge is 0.476 e. The molecule has 3 aromatic rings. The lowest BCUT2D eigenvalue weighted by Crippen LogP contribution is -2.14. The van der Waals surface area contributed by atoms with E-state index >= 15 is 0 Å². The van der Waals surface area contributed by atoms with Crippen LogP contribution in [-0.4, -0.2) is 42.6 Å². The standard InChI is InChI=1S/C17H14N4O9S2/c1-9-2-3-10(8-13(9)30-31(25)26)18-19-14-15(17(23)24)20-21(16(14)22)11-4-6-12(7-5-11)32(27,28)29/h2-8,20H,1H3,(H,23,24)(H,25,26)(H,27,28,29). The third-order valence-electron chi connectivity index (χ3n) is 4.07. The average molecular weight is 482 g/mol. The molecule has 0 saturated carbocycles. The molecular weight excluding hydrogens is 468 g/mol. The minimum absolute atomic E-state index is 0.0335. The molecule has 0 saturated heterocycles. The zero-order valence-corrected chi connectivity index (χ0v) is 17.6. The summed E-state index contributed by atoms with van der Waals surface area (Å²) in [6.45, 7) is 1.61. The van der Waals surface area contributed by atoms with Crippen LogP contribution >= 0.6 is 0 Å². The van der Waals surface area contributed by atoms with Crippen molar-refractivity contribution in [2.45, 2.75) is 11.8 Å². The lowest BCUT2D eigenvalue weighted by atomic mass is 10.2. The van der Waals surface area contributed by atoms with E-state index in [1.807, 2.05) is 0 Å². The number of carboxylic acids is 1. The number of nitrogens with zero attached hydrogens (tertiary/aromatic N) is 3. The van der Waals surface area contributed by atoms with Crippen molar-refractivity contribution in [1.82, 2.24) is 9.78 Å². The van der Waals surface area contributed by atoms with Crippen LogP contribution in [0.2, 0.25) is 0 Å². The van der Waals surface area contributed by atoms with E-state index in [2.05, 4.69) is 15.3 Å². The highest BCUT2D eigenvalue weighted by Gasteiger charge is 2.21. The van der Waals surface area contributed by atoms with Gasteiger partial charge in [-0.1, -0.05) is 6.07 Å². The molecule has 3 rings (SSSR count). The second-order valence-electron chi connectivity index (χ2n) is 6.20. The van der Waals surface area contributed by atoms with Gasteiger partial charge in [0.1, 0.15) is 5.75 Å². The van der Waals surface area contributed by atoms with Crippen LogP contribution < -0.4 is 9.74 Å². The molecule has 0 amide bonds. The van der Waals surface area contributed by atoms with Crippen molar-refractivity contribution in [2.75, 3.05) is 0 Å². The number of carbonyl (C=O) groups is 1. The highest BCUT2D eigenvalue weighted by atomic mass is 32.2. The van der Waals surface area contributed by atoms with Gasteiger partial charge in [-0.25, -0.2) is 9.48 Å². The fourth-order valence-corrected chi connectivity index (χ4v) is 3.36. The van der Waals surface area contributed by atoms with Crippen LogP contribution in [0.15, 0.2) is 62.4 Å². The van der Waals surface area contributed by atoms with Crippen LogP contribution in [-0.2, 0) is 21.5 Å². The summed E-state index contributed by atoms with van der Waals surface area (Å²) < 4.78 is 56.6. The molecule has 1 unspecified atom stereocenters. The molecule has 0 radical (unpaired) electrons. The van der Waals surface area contributed by atoms with E-state index in [1.54, 1.807) is 6.92 Å². The topological polar surface area (TPSA) is 201 Å². The van der Waals surface area contributed by atoms with Crippen molar-refractivity contribution in [3.63, 3.8) is 0 Å². The molecule has 0 spiro atoms. The third-order valence-corrected chi connectivity index (χ3v) is 5.26. The normalized spacial score (nSPS) is 12.7. The summed E-state index contributed by atoms with van der Waals surface area (Å²) in [6, 6.07) is 8.65. The average Bonchev–Trinajstić information content (AvgIpc) is 3.04. The van der Waals surface area contributed by atoms with Crippen LogP contribution in [0.5, 0.6) is 5.75 Å². The number of benzene rings is 2. The highest BCUT2D eigenvalue weighted by molar-refractivity contribution is 7.85. The van der Waals surface area contributed by atoms with Crippen molar-refractivity contribution >= 4 is 38.8 Å². The maximum atomic E-state index is 12.7. The first kappa shape index (κ1) is 23.0. The van der Waals surface area contributed by atoms with Crippen LogP contribution in [0, 0.1) is 6.92 Å². The van der Waals surface area contributed by atoms with Gasteiger partial charge in [0.25, 0.3) is 15.7 Å². The Morgan fingerprint density at radius 3 is 2.38 bits per heavy atom. The summed E-state index contributed by atoms with van der Waals surface area (Å²) in [6.07, 6.45) is 0. The first-order chi connectivity index (χ1) is 15.0. The Labute approximate surface area is 182 Å². The number of azo groups is 1. The third kappa shape index (κ3) is 4.97. The number of nitrogens with one attached hydrogen (secondary N) is 1. The molecule has 4 N–H and O–H groups in total. The number of hydrogen-bond donors (Lipinski definition) is 4. The van der Waals surface area contributed by atoms with Gasteiger partial charge in [-0.15, -0.1) is 5.11 Å². The predicted octanol–water partition coefficient (Wildman–Crippen LogP) is 2.35. The molecule has 168 valence electrons. The van der Waals surface area contributed by atoms with E-state index in [9.17, 15) is 27.3 Å². The Kier molecular flexibility index (Phi) is 6.35. The second kappa shape index (κ2) is 8.83. The summed E-state index contributed by atoms with van der Waals surface area (Å²) in [7, 11) is -4.45. The summed E-state index contributed by atoms with van der Waals surface area (Å²) >= 11 is -2.58. The zero-order chi connectivity index (χ0) is 23.6. The van der Waals surface area contributed by atoms with Crippen molar-refractivity contribution in [3.05, 3.63) is 64.1 Å². The van der Waals surface area contributed by atoms with Gasteiger partial charge in [0, 0.05) is 6.07 Å². The highest BCUT2D eigenvalue weighted by Crippen LogP contribution is 2.27. The predicted molar refractivity (Wildman–Crippen MR) is 110 cm³/mol. The molecule has 13 nitrogen and oxygen atoms in total. The number of aromatic carboxylic acids is 1. The van der Waals surface area contributed by atoms with Gasteiger partial charge < -0.3 is 9.29 Å². The SMILES string of the molecule is Cc1ccc(N=Nc2c(C(=O)O)[nH]n(-c3ccc(S(=O)(=O)O)cc3)c2=O)cc1OS(=O)O. The number of hydrogen-bond acceptors (Lipinski definition) is 8. The van der Waals surface area contributed by atoms with Gasteiger partial charge in [-0.2, -0.15) is 17.7 Å². The molecule has 1 aromatic heterocycles. The quantitative estimate of drug-likeness (QED) is 0.221. The van der Waals surface area contributed by atoms with Gasteiger partial charge in [0.2, 0.25) is 0 Å². The zero-order valence-electron chi connectivity index (χ0n) is 16.0. The van der Waals surface area contributed by atoms with E-state index in [4.69, 9.17) is 13.3 Å². The number of carboxylic acid groups (broad SMARTS) is 1. The Hall–Kier alpha value is -3.66. The van der Waals surface area contributed by atoms with Crippen molar-refractivity contribution in [1.29, 1.82) is 0 Å². The maximum absolute atomic E-state index is 12.7. The van der Waals surface area contributed by atoms with Gasteiger partial charge in [-0.3, -0.25) is 19.0 Å². The molecule has 0 aliphatic carbocycles. The Bertz CT molecular complexity index is 1410. The second-order valence-corrected chi connectivity index (χ2v) is 8.22. The Morgan fingerprint density at radius 1 is 1.16 bits per heavy atom. The van der Waals surface area contributed by atoms with E-state index < -0.39 is 49.3 Å². The number of H-pyrrole nitrogens is 1. The number of aromatic nitrogens is 2. The van der Waals surface area contributed by atoms with Crippen LogP contribution in [0.4, 0.5) is 11.4 Å². The van der Waals surface area contributed by atoms with E-state index in [1.165, 1.54) is 30.3 Å². The van der Waals surface area contributed by atoms with Crippen LogP contribution in [0.1, 0.15) is 16.1 Å². The molecule has 1 atom stereocenters. The first-order valence-electron chi connectivity index (χ1n) is 8.45. The van der Waals surface area contributed by atoms with Gasteiger partial charge in [0.05, 0.1) is 16.3 Å². The number of aromatic amines is 1. The van der Waals surface area contributed by atoms with E-state index in [0.717, 1.165) is 16.8 Å². The fraction of sp³-hybridized carbons (Fsp3) is 0.0588. The van der Waals surface area contributed by atoms with Crippen molar-refractivity contribution in [3.8, 4) is 11.4 Å². The Balaban J connectivity index is 2.03. The fourth-order valence-electron chi connectivity index (χ4n) is 2.54. The minimum atomic E-state index is -4.45. The van der Waals surface area contributed by atoms with Gasteiger partial charge >= 0.3 is 17.3 Å². The van der Waals surface area contributed by atoms with Crippen LogP contribution in [0.25, 0.3) is 5.69 Å². The van der Waals surface area contributed by atoms with E-state index in [-0.39, 0.29) is 17.1 Å². The Morgan fingerprint density at radius 2 is 1.81 bits per heavy atom. The van der Waals surface area contributed by atoms with Gasteiger partial charge in [-0.05, 0) is 42.8 Å². The summed E-state index contributed by atoms with van der Waals surface area (Å²) in [5.41, 5.74) is -1.33. The lowest BCUT2D eigenvalue weighted by molar-refractivity contribution is 0.0690. The van der Waals surface area contributed by atoms with Crippen LogP contribution in [0.3, 0.4) is 0 Å². The smallest absolute Gasteiger partial charge is 0.357 e. The monoisotopic (exact) mass is 482 g/mol. The molecule has 15 heteroatoms. The molecule has 0 aliphatic rings. The number of aryl methyl sites for hydroxylation is 1. The first-order valence-corrected chi connectivity index (χ1v) is 10.9. The molecule has 1 heterocycles. The van der Waals surface area contributed by atoms with Crippen molar-refractivity contribution in [2.24, 2.45) is 10.2 Å².